The maximum atomic E-state index is 14.5. The second-order valence-corrected chi connectivity index (χ2v) is 6.45. The molecule has 0 fully saturated rings. The van der Waals surface area contributed by atoms with E-state index in [9.17, 15) is 13.2 Å². The maximum absolute atomic E-state index is 14.5. The monoisotopic (exact) mass is 370 g/mol. The predicted molar refractivity (Wildman–Crippen MR) is 103 cm³/mol. The van der Waals surface area contributed by atoms with E-state index in [1.54, 1.807) is 30.3 Å². The lowest BCUT2D eigenvalue weighted by Gasteiger charge is -2.19. The topological polar surface area (TPSA) is 9.23 Å². The van der Waals surface area contributed by atoms with E-state index in [0.29, 0.717) is 17.4 Å². The molecular formula is C23H21F3O. The van der Waals surface area contributed by atoms with Gasteiger partial charge < -0.3 is 4.74 Å². The molecule has 0 radical (unpaired) electrons. The van der Waals surface area contributed by atoms with Gasteiger partial charge in [0.2, 0.25) is 0 Å². The van der Waals surface area contributed by atoms with E-state index < -0.39 is 6.11 Å². The van der Waals surface area contributed by atoms with Crippen molar-refractivity contribution in [2.45, 2.75) is 32.3 Å². The number of hydrogen-bond acceptors (Lipinski definition) is 1. The Kier molecular flexibility index (Phi) is 5.54. The Balaban J connectivity index is 1.83. The second-order valence-electron chi connectivity index (χ2n) is 6.45. The van der Waals surface area contributed by atoms with Gasteiger partial charge in [0.1, 0.15) is 11.6 Å². The highest BCUT2D eigenvalue weighted by Crippen LogP contribution is 2.33. The number of aryl methyl sites for hydroxylation is 2. The molecule has 4 heteroatoms. The van der Waals surface area contributed by atoms with Crippen LogP contribution in [0.1, 0.15) is 30.0 Å². The highest BCUT2D eigenvalue weighted by molar-refractivity contribution is 5.84. The molecule has 0 atom stereocenters. The third-order valence-electron chi connectivity index (χ3n) is 4.53. The fourth-order valence-electron chi connectivity index (χ4n) is 2.97. The van der Waals surface area contributed by atoms with Gasteiger partial charge in [-0.2, -0.15) is 8.78 Å². The first-order valence-corrected chi connectivity index (χ1v) is 8.92. The molecule has 1 nitrogen and oxygen atoms in total. The highest BCUT2D eigenvalue weighted by Gasteiger charge is 2.34. The maximum Gasteiger partial charge on any atom is 0.426 e. The van der Waals surface area contributed by atoms with E-state index >= 15 is 0 Å². The van der Waals surface area contributed by atoms with Crippen molar-refractivity contribution in [1.29, 1.82) is 0 Å². The van der Waals surface area contributed by atoms with Gasteiger partial charge in [0, 0.05) is 0 Å². The highest BCUT2D eigenvalue weighted by atomic mass is 19.3. The van der Waals surface area contributed by atoms with Crippen LogP contribution in [-0.4, -0.2) is 0 Å². The molecule has 0 N–H and O–H groups in total. The summed E-state index contributed by atoms with van der Waals surface area (Å²) in [5.74, 6) is -0.351. The summed E-state index contributed by atoms with van der Waals surface area (Å²) in [7, 11) is 0. The minimum Gasteiger partial charge on any atom is -0.429 e. The Morgan fingerprint density at radius 3 is 2.41 bits per heavy atom. The SMILES string of the molecule is C=CCCc1ccc(C(F)(F)Oc2ccc3cc(CC)c(F)cc3c2)cc1. The Morgan fingerprint density at radius 2 is 1.74 bits per heavy atom. The summed E-state index contributed by atoms with van der Waals surface area (Å²) >= 11 is 0. The van der Waals surface area contributed by atoms with Gasteiger partial charge in [-0.25, -0.2) is 4.39 Å². The molecule has 140 valence electrons. The van der Waals surface area contributed by atoms with Crippen LogP contribution in [0.5, 0.6) is 5.75 Å². The molecule has 0 saturated heterocycles. The van der Waals surface area contributed by atoms with Crippen LogP contribution >= 0.6 is 0 Å². The Hall–Kier alpha value is -2.75. The van der Waals surface area contributed by atoms with Crippen molar-refractivity contribution >= 4 is 10.8 Å². The number of alkyl halides is 2. The van der Waals surface area contributed by atoms with Gasteiger partial charge >= 0.3 is 6.11 Å². The van der Waals surface area contributed by atoms with Gasteiger partial charge in [-0.05, 0) is 77.6 Å². The van der Waals surface area contributed by atoms with Crippen LogP contribution in [0.3, 0.4) is 0 Å². The first-order chi connectivity index (χ1) is 12.9. The van der Waals surface area contributed by atoms with Gasteiger partial charge in [0.15, 0.2) is 0 Å². The molecule has 0 spiro atoms. The van der Waals surface area contributed by atoms with Crippen LogP contribution < -0.4 is 4.74 Å². The molecule has 0 aliphatic rings. The van der Waals surface area contributed by atoms with Crippen molar-refractivity contribution in [3.05, 3.63) is 89.8 Å². The van der Waals surface area contributed by atoms with Crippen LogP contribution in [0.4, 0.5) is 13.2 Å². The number of hydrogen-bond donors (Lipinski definition) is 0. The minimum absolute atomic E-state index is 0.00752. The van der Waals surface area contributed by atoms with Crippen LogP contribution in [0.25, 0.3) is 10.8 Å². The molecule has 3 aromatic carbocycles. The number of fused-ring (bicyclic) bond motifs is 1. The summed E-state index contributed by atoms with van der Waals surface area (Å²) in [4.78, 5) is 0. The van der Waals surface area contributed by atoms with Crippen LogP contribution in [-0.2, 0) is 19.0 Å². The standard InChI is InChI=1S/C23H21F3O/c1-3-5-6-16-7-10-20(11-8-16)23(25,26)27-21-12-9-18-13-17(4-2)22(24)15-19(18)14-21/h3,7-15H,1,4-6H2,2H3. The van der Waals surface area contributed by atoms with Crippen molar-refractivity contribution in [3.63, 3.8) is 0 Å². The Labute approximate surface area is 157 Å². The van der Waals surface area contributed by atoms with Gasteiger partial charge in [0.25, 0.3) is 0 Å². The van der Waals surface area contributed by atoms with Crippen molar-refractivity contribution in [2.75, 3.05) is 0 Å². The normalized spacial score (nSPS) is 11.6. The fourth-order valence-corrected chi connectivity index (χ4v) is 2.97. The van der Waals surface area contributed by atoms with Crippen molar-refractivity contribution < 1.29 is 17.9 Å². The molecule has 3 aromatic rings. The average molecular weight is 370 g/mol. The Morgan fingerprint density at radius 1 is 1.00 bits per heavy atom. The largest absolute Gasteiger partial charge is 0.429 e. The van der Waals surface area contributed by atoms with E-state index in [1.165, 1.54) is 30.3 Å². The number of halogens is 3. The number of allylic oxidation sites excluding steroid dienone is 1. The molecule has 3 rings (SSSR count). The van der Waals surface area contributed by atoms with E-state index in [2.05, 4.69) is 6.58 Å². The lowest BCUT2D eigenvalue weighted by atomic mass is 10.0. The third-order valence-corrected chi connectivity index (χ3v) is 4.53. The lowest BCUT2D eigenvalue weighted by molar-refractivity contribution is -0.185. The van der Waals surface area contributed by atoms with E-state index in [4.69, 9.17) is 4.74 Å². The smallest absolute Gasteiger partial charge is 0.426 e. The third kappa shape index (κ3) is 4.33. The van der Waals surface area contributed by atoms with Crippen LogP contribution in [0.2, 0.25) is 0 Å². The summed E-state index contributed by atoms with van der Waals surface area (Å²) < 4.78 is 47.9. The molecule has 0 amide bonds. The van der Waals surface area contributed by atoms with Gasteiger partial charge in [-0.3, -0.25) is 0 Å². The summed E-state index contributed by atoms with van der Waals surface area (Å²) in [6.07, 6.45) is 0.427. The summed E-state index contributed by atoms with van der Waals surface area (Å²) in [5, 5.41) is 1.31. The number of ether oxygens (including phenoxy) is 1. The van der Waals surface area contributed by atoms with Gasteiger partial charge in [0.05, 0.1) is 5.56 Å². The Bertz CT molecular complexity index is 946. The van der Waals surface area contributed by atoms with E-state index in [0.717, 1.165) is 23.8 Å². The molecule has 0 bridgehead atoms. The van der Waals surface area contributed by atoms with Gasteiger partial charge in [-0.1, -0.05) is 31.2 Å². The predicted octanol–water partition coefficient (Wildman–Crippen LogP) is 6.79. The average Bonchev–Trinajstić information content (AvgIpc) is 2.65. The molecule has 0 unspecified atom stereocenters. The first-order valence-electron chi connectivity index (χ1n) is 8.92. The molecule has 0 aromatic heterocycles. The van der Waals surface area contributed by atoms with Gasteiger partial charge in [-0.15, -0.1) is 6.58 Å². The van der Waals surface area contributed by atoms with Crippen molar-refractivity contribution in [2.24, 2.45) is 0 Å². The summed E-state index contributed by atoms with van der Waals surface area (Å²) in [6, 6.07) is 13.7. The van der Waals surface area contributed by atoms with Crippen LogP contribution in [0, 0.1) is 5.82 Å². The number of benzene rings is 3. The first kappa shape index (κ1) is 19.0. The van der Waals surface area contributed by atoms with E-state index in [-0.39, 0.29) is 17.1 Å². The molecule has 0 aliphatic carbocycles. The van der Waals surface area contributed by atoms with Crippen molar-refractivity contribution in [1.82, 2.24) is 0 Å². The second kappa shape index (κ2) is 7.87. The molecular weight excluding hydrogens is 349 g/mol. The molecule has 0 heterocycles. The minimum atomic E-state index is -3.48. The fraction of sp³-hybridized carbons (Fsp3) is 0.217. The zero-order chi connectivity index (χ0) is 19.4. The summed E-state index contributed by atoms with van der Waals surface area (Å²) in [5.41, 5.74) is 1.33. The zero-order valence-electron chi connectivity index (χ0n) is 15.1. The summed E-state index contributed by atoms with van der Waals surface area (Å²) in [6.45, 7) is 5.52. The molecule has 27 heavy (non-hydrogen) atoms. The van der Waals surface area contributed by atoms with Crippen molar-refractivity contribution in [3.8, 4) is 5.75 Å². The van der Waals surface area contributed by atoms with Crippen LogP contribution in [0.15, 0.2) is 67.3 Å². The number of rotatable bonds is 7. The zero-order valence-corrected chi connectivity index (χ0v) is 15.1. The van der Waals surface area contributed by atoms with E-state index in [1.807, 2.05) is 6.92 Å². The lowest BCUT2D eigenvalue weighted by Crippen LogP contribution is -2.21. The quantitative estimate of drug-likeness (QED) is 0.416. The molecule has 0 saturated carbocycles. The molecule has 0 aliphatic heterocycles.